The molecule has 0 aliphatic carbocycles. The van der Waals surface area contributed by atoms with Gasteiger partial charge in [-0.25, -0.2) is 0 Å². The molecule has 116 valence electrons. The van der Waals surface area contributed by atoms with E-state index in [0.29, 0.717) is 32.6 Å². The van der Waals surface area contributed by atoms with Gasteiger partial charge in [-0.3, -0.25) is 9.59 Å². The summed E-state index contributed by atoms with van der Waals surface area (Å²) in [5.74, 6) is 0.206. The fourth-order valence-electron chi connectivity index (χ4n) is 2.35. The zero-order chi connectivity index (χ0) is 14.8. The van der Waals surface area contributed by atoms with Crippen LogP contribution in [-0.2, 0) is 14.3 Å². The Labute approximate surface area is 121 Å². The van der Waals surface area contributed by atoms with Crippen molar-refractivity contribution in [2.75, 3.05) is 46.4 Å². The van der Waals surface area contributed by atoms with Gasteiger partial charge >= 0.3 is 0 Å². The summed E-state index contributed by atoms with van der Waals surface area (Å²) in [6.07, 6.45) is 4.74. The summed E-state index contributed by atoms with van der Waals surface area (Å²) in [6, 6.07) is 0. The van der Waals surface area contributed by atoms with Gasteiger partial charge in [-0.05, 0) is 19.4 Å². The fraction of sp³-hybridized carbons (Fsp3) is 0.857. The van der Waals surface area contributed by atoms with Gasteiger partial charge < -0.3 is 20.3 Å². The number of carbonyl (C=O) groups excluding carboxylic acids is 2. The highest BCUT2D eigenvalue weighted by atomic mass is 16.5. The number of amides is 2. The van der Waals surface area contributed by atoms with E-state index < -0.39 is 0 Å². The van der Waals surface area contributed by atoms with E-state index >= 15 is 0 Å². The average molecular weight is 285 g/mol. The zero-order valence-corrected chi connectivity index (χ0v) is 12.5. The molecule has 0 atom stereocenters. The normalized spacial score (nSPS) is 15.5. The molecule has 1 fully saturated rings. The molecule has 0 aromatic heterocycles. The van der Waals surface area contributed by atoms with Gasteiger partial charge in [-0.2, -0.15) is 0 Å². The molecule has 0 aromatic carbocycles. The Balaban J connectivity index is 2.17. The van der Waals surface area contributed by atoms with Crippen molar-refractivity contribution >= 4 is 11.8 Å². The lowest BCUT2D eigenvalue weighted by atomic mass is 10.1. The van der Waals surface area contributed by atoms with Gasteiger partial charge in [-0.1, -0.05) is 12.8 Å². The van der Waals surface area contributed by atoms with Crippen molar-refractivity contribution in [3.8, 4) is 0 Å². The minimum absolute atomic E-state index is 0.00128. The molecular weight excluding hydrogens is 258 g/mol. The number of nitrogens with zero attached hydrogens (tertiary/aromatic N) is 2. The van der Waals surface area contributed by atoms with E-state index in [2.05, 4.69) is 0 Å². The first-order valence-corrected chi connectivity index (χ1v) is 7.43. The minimum Gasteiger partial charge on any atom is -0.375 e. The van der Waals surface area contributed by atoms with Gasteiger partial charge in [0.15, 0.2) is 0 Å². The summed E-state index contributed by atoms with van der Waals surface area (Å²) in [6.45, 7) is 3.34. The summed E-state index contributed by atoms with van der Waals surface area (Å²) in [5.41, 5.74) is 5.43. The first-order valence-electron chi connectivity index (χ1n) is 7.43. The summed E-state index contributed by atoms with van der Waals surface area (Å²) in [4.78, 5) is 27.3. The van der Waals surface area contributed by atoms with Crippen LogP contribution in [0.3, 0.4) is 0 Å². The third-order valence-corrected chi connectivity index (χ3v) is 3.60. The Kier molecular flexibility index (Phi) is 8.22. The zero-order valence-electron chi connectivity index (χ0n) is 12.5. The van der Waals surface area contributed by atoms with Crippen LogP contribution in [0, 0.1) is 0 Å². The second-order valence-corrected chi connectivity index (χ2v) is 5.15. The second-order valence-electron chi connectivity index (χ2n) is 5.15. The van der Waals surface area contributed by atoms with Crippen LogP contribution in [0.25, 0.3) is 0 Å². The molecule has 0 radical (unpaired) electrons. The molecule has 0 aromatic rings. The van der Waals surface area contributed by atoms with Crippen molar-refractivity contribution in [3.63, 3.8) is 0 Å². The van der Waals surface area contributed by atoms with E-state index in [1.165, 1.54) is 7.11 Å². The first kappa shape index (κ1) is 16.9. The maximum absolute atomic E-state index is 12.0. The predicted octanol–water partition coefficient (Wildman–Crippen LogP) is 0.213. The number of nitrogens with two attached hydrogens (primary N) is 1. The van der Waals surface area contributed by atoms with Crippen molar-refractivity contribution in [2.45, 2.75) is 32.1 Å². The van der Waals surface area contributed by atoms with Crippen molar-refractivity contribution in [1.82, 2.24) is 9.80 Å². The number of rotatable bonds is 8. The van der Waals surface area contributed by atoms with Gasteiger partial charge in [0.1, 0.15) is 6.61 Å². The van der Waals surface area contributed by atoms with Crippen molar-refractivity contribution in [2.24, 2.45) is 5.73 Å². The van der Waals surface area contributed by atoms with Crippen LogP contribution in [0.1, 0.15) is 32.1 Å². The molecule has 1 heterocycles. The quantitative estimate of drug-likeness (QED) is 0.647. The predicted molar refractivity (Wildman–Crippen MR) is 77.2 cm³/mol. The van der Waals surface area contributed by atoms with Crippen LogP contribution < -0.4 is 5.73 Å². The molecule has 2 N–H and O–H groups in total. The van der Waals surface area contributed by atoms with Crippen molar-refractivity contribution in [1.29, 1.82) is 0 Å². The lowest BCUT2D eigenvalue weighted by Gasteiger charge is -2.34. The Bertz CT molecular complexity index is 302. The fourth-order valence-corrected chi connectivity index (χ4v) is 2.35. The van der Waals surface area contributed by atoms with Crippen molar-refractivity contribution in [3.05, 3.63) is 0 Å². The van der Waals surface area contributed by atoms with E-state index in [1.807, 2.05) is 4.90 Å². The first-order chi connectivity index (χ1) is 9.69. The molecule has 0 saturated carbocycles. The summed E-state index contributed by atoms with van der Waals surface area (Å²) in [7, 11) is 1.52. The van der Waals surface area contributed by atoms with Crippen LogP contribution in [0.4, 0.5) is 0 Å². The highest BCUT2D eigenvalue weighted by Crippen LogP contribution is 2.08. The topological polar surface area (TPSA) is 75.9 Å². The molecule has 0 unspecified atom stereocenters. The summed E-state index contributed by atoms with van der Waals surface area (Å²) in [5, 5.41) is 0. The SMILES string of the molecule is COCC(=O)N1CCN(C(=O)CCCCCCN)CC1. The molecule has 0 spiro atoms. The third-order valence-electron chi connectivity index (χ3n) is 3.60. The lowest BCUT2D eigenvalue weighted by Crippen LogP contribution is -2.51. The molecule has 2 amide bonds. The largest absolute Gasteiger partial charge is 0.375 e. The molecule has 6 heteroatoms. The highest BCUT2D eigenvalue weighted by molar-refractivity contribution is 5.79. The van der Waals surface area contributed by atoms with Gasteiger partial charge in [0.2, 0.25) is 11.8 Å². The van der Waals surface area contributed by atoms with Gasteiger partial charge in [0, 0.05) is 39.7 Å². The molecule has 0 bridgehead atoms. The Hall–Kier alpha value is -1.14. The molecule has 1 aliphatic rings. The lowest BCUT2D eigenvalue weighted by molar-refractivity contribution is -0.141. The monoisotopic (exact) mass is 285 g/mol. The summed E-state index contributed by atoms with van der Waals surface area (Å²) >= 11 is 0. The molecule has 1 aliphatic heterocycles. The van der Waals surface area contributed by atoms with Gasteiger partial charge in [-0.15, -0.1) is 0 Å². The maximum Gasteiger partial charge on any atom is 0.248 e. The third kappa shape index (κ3) is 5.88. The number of hydrogen-bond donors (Lipinski definition) is 1. The second kappa shape index (κ2) is 9.72. The number of carbonyl (C=O) groups is 2. The van der Waals surface area contributed by atoms with Crippen LogP contribution in [-0.4, -0.2) is 68.1 Å². The average Bonchev–Trinajstić information content (AvgIpc) is 2.47. The molecule has 20 heavy (non-hydrogen) atoms. The van der Waals surface area contributed by atoms with Crippen molar-refractivity contribution < 1.29 is 14.3 Å². The number of piperazine rings is 1. The number of methoxy groups -OCH3 is 1. The highest BCUT2D eigenvalue weighted by Gasteiger charge is 2.23. The van der Waals surface area contributed by atoms with Crippen LogP contribution >= 0.6 is 0 Å². The van der Waals surface area contributed by atoms with Gasteiger partial charge in [0.25, 0.3) is 0 Å². The minimum atomic E-state index is 0.00128. The molecular formula is C14H27N3O3. The Morgan fingerprint density at radius 2 is 1.50 bits per heavy atom. The van der Waals surface area contributed by atoms with E-state index in [4.69, 9.17) is 10.5 Å². The van der Waals surface area contributed by atoms with Gasteiger partial charge in [0.05, 0.1) is 0 Å². The summed E-state index contributed by atoms with van der Waals surface area (Å²) < 4.78 is 4.84. The number of unbranched alkanes of at least 4 members (excludes halogenated alkanes) is 3. The molecule has 1 saturated heterocycles. The van der Waals surface area contributed by atoms with E-state index in [-0.39, 0.29) is 18.4 Å². The number of ether oxygens (including phenoxy) is 1. The van der Waals surface area contributed by atoms with E-state index in [9.17, 15) is 9.59 Å². The van der Waals surface area contributed by atoms with Crippen LogP contribution in [0.15, 0.2) is 0 Å². The Morgan fingerprint density at radius 3 is 2.05 bits per heavy atom. The van der Waals surface area contributed by atoms with E-state index in [0.717, 1.165) is 32.2 Å². The number of hydrogen-bond acceptors (Lipinski definition) is 4. The Morgan fingerprint density at radius 1 is 0.950 bits per heavy atom. The standard InChI is InChI=1S/C14H27N3O3/c1-20-12-14(19)17-10-8-16(9-11-17)13(18)6-4-2-3-5-7-15/h2-12,15H2,1H3. The van der Waals surface area contributed by atoms with E-state index in [1.54, 1.807) is 4.90 Å². The smallest absolute Gasteiger partial charge is 0.248 e. The van der Waals surface area contributed by atoms with Crippen LogP contribution in [0.5, 0.6) is 0 Å². The van der Waals surface area contributed by atoms with Crippen LogP contribution in [0.2, 0.25) is 0 Å². The molecule has 1 rings (SSSR count). The maximum atomic E-state index is 12.0. The molecule has 6 nitrogen and oxygen atoms in total.